The van der Waals surface area contributed by atoms with E-state index in [4.69, 9.17) is 0 Å². The first-order valence-electron chi connectivity index (χ1n) is 7.83. The Morgan fingerprint density at radius 1 is 1.16 bits per heavy atom. The zero-order chi connectivity index (χ0) is 13.7. The summed E-state index contributed by atoms with van der Waals surface area (Å²) in [5.74, 6) is 0. The lowest BCUT2D eigenvalue weighted by atomic mass is 10.0. The molecule has 1 N–H and O–H groups in total. The van der Waals surface area contributed by atoms with Crippen LogP contribution in [0.2, 0.25) is 0 Å². The van der Waals surface area contributed by atoms with Gasteiger partial charge in [0.25, 0.3) is 0 Å². The molecule has 2 unspecified atom stereocenters. The van der Waals surface area contributed by atoms with Gasteiger partial charge in [-0.1, -0.05) is 38.8 Å². The molecule has 2 heteroatoms. The summed E-state index contributed by atoms with van der Waals surface area (Å²) < 4.78 is 0. The highest BCUT2D eigenvalue weighted by Crippen LogP contribution is 2.21. The first kappa shape index (κ1) is 14.4. The molecule has 1 fully saturated rings. The van der Waals surface area contributed by atoms with Crippen LogP contribution in [0.1, 0.15) is 45.6 Å². The van der Waals surface area contributed by atoms with Gasteiger partial charge in [-0.15, -0.1) is 0 Å². The van der Waals surface area contributed by atoms with E-state index < -0.39 is 0 Å². The van der Waals surface area contributed by atoms with Crippen molar-refractivity contribution in [1.82, 2.24) is 5.32 Å². The maximum absolute atomic E-state index is 3.66. The van der Waals surface area contributed by atoms with Crippen molar-refractivity contribution in [1.29, 1.82) is 0 Å². The molecule has 0 aliphatic carbocycles. The molecular formula is C17H28N2. The van der Waals surface area contributed by atoms with Crippen molar-refractivity contribution in [3.05, 3.63) is 29.8 Å². The third-order valence-electron chi connectivity index (χ3n) is 4.09. The molecule has 0 bridgehead atoms. The van der Waals surface area contributed by atoms with E-state index in [1.54, 1.807) is 0 Å². The van der Waals surface area contributed by atoms with Crippen LogP contribution in [0, 0.1) is 0 Å². The second-order valence-electron chi connectivity index (χ2n) is 5.81. The predicted octanol–water partition coefficient (Wildman–Crippen LogP) is 3.61. The van der Waals surface area contributed by atoms with Gasteiger partial charge in [-0.2, -0.15) is 0 Å². The Bertz CT molecular complexity index is 371. The predicted molar refractivity (Wildman–Crippen MR) is 83.9 cm³/mol. The Balaban J connectivity index is 2.05. The smallest absolute Gasteiger partial charge is 0.0387 e. The molecule has 2 rings (SSSR count). The van der Waals surface area contributed by atoms with Gasteiger partial charge in [-0.25, -0.2) is 0 Å². The summed E-state index contributed by atoms with van der Waals surface area (Å²) in [6, 6.07) is 10.4. The fraction of sp³-hybridized carbons (Fsp3) is 0.647. The third-order valence-corrected chi connectivity index (χ3v) is 4.09. The molecule has 0 saturated carbocycles. The zero-order valence-electron chi connectivity index (χ0n) is 12.7. The van der Waals surface area contributed by atoms with Crippen LogP contribution in [0.25, 0.3) is 0 Å². The van der Waals surface area contributed by atoms with E-state index >= 15 is 0 Å². The van der Waals surface area contributed by atoms with Crippen molar-refractivity contribution in [2.75, 3.05) is 18.0 Å². The number of piperazine rings is 1. The molecule has 1 heterocycles. The van der Waals surface area contributed by atoms with Crippen molar-refractivity contribution < 1.29 is 0 Å². The molecule has 0 amide bonds. The van der Waals surface area contributed by atoms with Gasteiger partial charge in [0, 0.05) is 30.9 Å². The topological polar surface area (TPSA) is 15.3 Å². The second kappa shape index (κ2) is 6.95. The summed E-state index contributed by atoms with van der Waals surface area (Å²) in [5, 5.41) is 3.66. The number of hydrogen-bond acceptors (Lipinski definition) is 2. The van der Waals surface area contributed by atoms with Crippen molar-refractivity contribution in [3.8, 4) is 0 Å². The molecule has 1 aliphatic heterocycles. The first-order chi connectivity index (χ1) is 9.24. The van der Waals surface area contributed by atoms with Crippen molar-refractivity contribution >= 4 is 5.69 Å². The van der Waals surface area contributed by atoms with E-state index in [-0.39, 0.29) is 0 Å². The van der Waals surface area contributed by atoms with Gasteiger partial charge < -0.3 is 10.2 Å². The number of nitrogens with zero attached hydrogens (tertiary/aromatic N) is 1. The molecule has 0 radical (unpaired) electrons. The number of nitrogens with one attached hydrogen (secondary N) is 1. The maximum Gasteiger partial charge on any atom is 0.0387 e. The molecule has 0 aromatic heterocycles. The molecule has 0 spiro atoms. The first-order valence-corrected chi connectivity index (χ1v) is 7.83. The van der Waals surface area contributed by atoms with E-state index in [9.17, 15) is 0 Å². The summed E-state index contributed by atoms with van der Waals surface area (Å²) in [7, 11) is 0. The van der Waals surface area contributed by atoms with Gasteiger partial charge in [-0.05, 0) is 37.5 Å². The van der Waals surface area contributed by atoms with Crippen LogP contribution in [0.15, 0.2) is 24.3 Å². The molecule has 1 aromatic carbocycles. The van der Waals surface area contributed by atoms with E-state index in [0.29, 0.717) is 12.1 Å². The summed E-state index contributed by atoms with van der Waals surface area (Å²) in [4.78, 5) is 2.56. The van der Waals surface area contributed by atoms with Gasteiger partial charge >= 0.3 is 0 Å². The highest BCUT2D eigenvalue weighted by atomic mass is 15.2. The molecule has 1 saturated heterocycles. The van der Waals surface area contributed by atoms with Crippen LogP contribution in [0.5, 0.6) is 0 Å². The Hall–Kier alpha value is -1.02. The van der Waals surface area contributed by atoms with E-state index in [1.165, 1.54) is 36.9 Å². The van der Waals surface area contributed by atoms with Crippen molar-refractivity contribution in [2.24, 2.45) is 0 Å². The Morgan fingerprint density at radius 3 is 2.53 bits per heavy atom. The Labute approximate surface area is 118 Å². The van der Waals surface area contributed by atoms with E-state index in [2.05, 4.69) is 55.3 Å². The van der Waals surface area contributed by atoms with Gasteiger partial charge in [0.05, 0.1) is 0 Å². The van der Waals surface area contributed by atoms with Gasteiger partial charge in [0.2, 0.25) is 0 Å². The maximum atomic E-state index is 3.66. The van der Waals surface area contributed by atoms with E-state index in [0.717, 1.165) is 13.1 Å². The summed E-state index contributed by atoms with van der Waals surface area (Å²) in [6.07, 6.45) is 4.95. The highest BCUT2D eigenvalue weighted by Gasteiger charge is 2.24. The minimum Gasteiger partial charge on any atom is -0.366 e. The Morgan fingerprint density at radius 2 is 1.89 bits per heavy atom. The quantitative estimate of drug-likeness (QED) is 0.870. The van der Waals surface area contributed by atoms with Crippen LogP contribution in [-0.4, -0.2) is 25.2 Å². The van der Waals surface area contributed by atoms with Crippen LogP contribution >= 0.6 is 0 Å². The van der Waals surface area contributed by atoms with Gasteiger partial charge in [-0.3, -0.25) is 0 Å². The lowest BCUT2D eigenvalue weighted by Crippen LogP contribution is -2.55. The van der Waals surface area contributed by atoms with E-state index in [1.807, 2.05) is 0 Å². The molecule has 19 heavy (non-hydrogen) atoms. The molecule has 2 atom stereocenters. The monoisotopic (exact) mass is 260 g/mol. The number of aryl methyl sites for hydroxylation is 1. The lowest BCUT2D eigenvalue weighted by Gasteiger charge is -2.40. The number of benzene rings is 1. The standard InChI is InChI=1S/C17H28N2/c1-4-6-15-8-10-17(11-9-15)19-13-16(7-5-2)18-12-14(19)3/h8-11,14,16,18H,4-7,12-13H2,1-3H3. The summed E-state index contributed by atoms with van der Waals surface area (Å²) >= 11 is 0. The van der Waals surface area contributed by atoms with Crippen molar-refractivity contribution in [2.45, 2.75) is 58.5 Å². The van der Waals surface area contributed by atoms with Crippen LogP contribution in [-0.2, 0) is 6.42 Å². The SMILES string of the molecule is CCCc1ccc(N2CC(CCC)NCC2C)cc1. The summed E-state index contributed by atoms with van der Waals surface area (Å²) in [5.41, 5.74) is 2.84. The van der Waals surface area contributed by atoms with Crippen LogP contribution in [0.4, 0.5) is 5.69 Å². The Kier molecular flexibility index (Phi) is 5.26. The minimum atomic E-state index is 0.588. The largest absolute Gasteiger partial charge is 0.366 e. The second-order valence-corrected chi connectivity index (χ2v) is 5.81. The van der Waals surface area contributed by atoms with Gasteiger partial charge in [0.1, 0.15) is 0 Å². The fourth-order valence-electron chi connectivity index (χ4n) is 2.97. The molecule has 2 nitrogen and oxygen atoms in total. The van der Waals surface area contributed by atoms with Gasteiger partial charge in [0.15, 0.2) is 0 Å². The minimum absolute atomic E-state index is 0.588. The molecule has 106 valence electrons. The fourth-order valence-corrected chi connectivity index (χ4v) is 2.97. The number of hydrogen-bond donors (Lipinski definition) is 1. The number of rotatable bonds is 5. The molecule has 1 aliphatic rings. The highest BCUT2D eigenvalue weighted by molar-refractivity contribution is 5.49. The summed E-state index contributed by atoms with van der Waals surface area (Å²) in [6.45, 7) is 9.06. The zero-order valence-corrected chi connectivity index (χ0v) is 12.7. The average Bonchev–Trinajstić information content (AvgIpc) is 2.43. The molecule has 1 aromatic rings. The molecular weight excluding hydrogens is 232 g/mol. The average molecular weight is 260 g/mol. The van der Waals surface area contributed by atoms with Crippen molar-refractivity contribution in [3.63, 3.8) is 0 Å². The third kappa shape index (κ3) is 3.73. The lowest BCUT2D eigenvalue weighted by molar-refractivity contribution is 0.386. The normalized spacial score (nSPS) is 23.6. The van der Waals surface area contributed by atoms with Crippen LogP contribution < -0.4 is 10.2 Å². The number of anilines is 1. The van der Waals surface area contributed by atoms with Crippen LogP contribution in [0.3, 0.4) is 0 Å².